The largest absolute Gasteiger partial charge is 0.444 e. The maximum Gasteiger partial charge on any atom is 0.410 e. The van der Waals surface area contributed by atoms with E-state index >= 15 is 0 Å². The van der Waals surface area contributed by atoms with E-state index in [1.165, 1.54) is 11.8 Å². The van der Waals surface area contributed by atoms with E-state index in [0.29, 0.717) is 55.8 Å². The number of aromatic nitrogens is 2. The highest BCUT2D eigenvalue weighted by atomic mass is 32.2. The Morgan fingerprint density at radius 1 is 1.26 bits per heavy atom. The zero-order valence-corrected chi connectivity index (χ0v) is 22.2. The molecule has 0 saturated heterocycles. The van der Waals surface area contributed by atoms with Crippen LogP contribution in [-0.4, -0.2) is 79.1 Å². The number of nitrogens with zero attached hydrogens (tertiary/aromatic N) is 5. The van der Waals surface area contributed by atoms with Crippen LogP contribution in [-0.2, 0) is 16.1 Å². The van der Waals surface area contributed by atoms with Crippen molar-refractivity contribution < 1.29 is 19.1 Å². The van der Waals surface area contributed by atoms with Gasteiger partial charge in [0.2, 0.25) is 0 Å². The lowest BCUT2D eigenvalue weighted by molar-refractivity contribution is 0.0276. The smallest absolute Gasteiger partial charge is 0.410 e. The highest BCUT2D eigenvalue weighted by molar-refractivity contribution is 7.98. The Labute approximate surface area is 211 Å². The monoisotopic (exact) mass is 501 g/mol. The number of thioether (sulfide) groups is 1. The number of carbonyl (C=O) groups excluding carboxylic acids is 2. The molecule has 3 rings (SSSR count). The van der Waals surface area contributed by atoms with Crippen LogP contribution in [0.5, 0.6) is 0 Å². The van der Waals surface area contributed by atoms with E-state index in [9.17, 15) is 9.59 Å². The van der Waals surface area contributed by atoms with Gasteiger partial charge in [-0.15, -0.1) is 0 Å². The Morgan fingerprint density at radius 2 is 2.03 bits per heavy atom. The second-order valence-corrected chi connectivity index (χ2v) is 10.2. The topological polar surface area (TPSA) is 88.1 Å². The number of likely N-dealkylation sites (N-methyl/N-ethyl adjacent to an activating group) is 1. The lowest BCUT2D eigenvalue weighted by Gasteiger charge is -2.24. The number of anilines is 2. The average Bonchev–Trinajstić information content (AvgIpc) is 2.93. The third kappa shape index (κ3) is 7.32. The first kappa shape index (κ1) is 26.7. The molecule has 10 heteroatoms. The van der Waals surface area contributed by atoms with E-state index in [1.54, 1.807) is 23.0 Å². The van der Waals surface area contributed by atoms with E-state index in [2.05, 4.69) is 9.97 Å². The molecular formula is C25H35N5O4S. The van der Waals surface area contributed by atoms with Crippen LogP contribution < -0.4 is 9.80 Å². The van der Waals surface area contributed by atoms with Gasteiger partial charge in [-0.1, -0.05) is 23.9 Å². The summed E-state index contributed by atoms with van der Waals surface area (Å²) >= 11 is 1.45. The Balaban J connectivity index is 1.57. The van der Waals surface area contributed by atoms with Crippen molar-refractivity contribution in [2.75, 3.05) is 56.4 Å². The molecular weight excluding hydrogens is 466 g/mol. The first-order valence-corrected chi connectivity index (χ1v) is 12.9. The maximum absolute atomic E-state index is 13.3. The van der Waals surface area contributed by atoms with Crippen molar-refractivity contribution in [3.8, 4) is 0 Å². The zero-order valence-electron chi connectivity index (χ0n) is 21.4. The quantitative estimate of drug-likeness (QED) is 0.304. The molecule has 0 spiro atoms. The van der Waals surface area contributed by atoms with Crippen LogP contribution in [0.3, 0.4) is 0 Å². The second kappa shape index (κ2) is 11.7. The highest BCUT2D eigenvalue weighted by Crippen LogP contribution is 2.27. The van der Waals surface area contributed by atoms with Crippen molar-refractivity contribution >= 4 is 35.3 Å². The summed E-state index contributed by atoms with van der Waals surface area (Å²) < 4.78 is 11.2. The van der Waals surface area contributed by atoms with E-state index in [0.717, 1.165) is 11.3 Å². The molecule has 0 bridgehead atoms. The van der Waals surface area contributed by atoms with Crippen molar-refractivity contribution in [3.05, 3.63) is 41.6 Å². The third-order valence-electron chi connectivity index (χ3n) is 5.40. The Bertz CT molecular complexity index is 1040. The van der Waals surface area contributed by atoms with E-state index in [4.69, 9.17) is 9.47 Å². The van der Waals surface area contributed by atoms with E-state index < -0.39 is 5.60 Å². The molecule has 0 saturated carbocycles. The number of fused-ring (bicyclic) bond motifs is 1. The molecule has 0 unspecified atom stereocenters. The highest BCUT2D eigenvalue weighted by Gasteiger charge is 2.28. The third-order valence-corrected chi connectivity index (χ3v) is 5.97. The minimum absolute atomic E-state index is 0.111. The van der Waals surface area contributed by atoms with Gasteiger partial charge in [0.15, 0.2) is 5.16 Å². The van der Waals surface area contributed by atoms with Crippen molar-refractivity contribution in [3.63, 3.8) is 0 Å². The zero-order chi connectivity index (χ0) is 25.6. The molecule has 190 valence electrons. The van der Waals surface area contributed by atoms with Gasteiger partial charge in [0.1, 0.15) is 17.0 Å². The molecule has 1 aromatic carbocycles. The van der Waals surface area contributed by atoms with Crippen molar-refractivity contribution in [2.45, 2.75) is 44.6 Å². The summed E-state index contributed by atoms with van der Waals surface area (Å²) in [7, 11) is 3.66. The van der Waals surface area contributed by atoms with Gasteiger partial charge in [-0.3, -0.25) is 4.79 Å². The number of hydrogen-bond donors (Lipinski definition) is 0. The van der Waals surface area contributed by atoms with Gasteiger partial charge in [0, 0.05) is 52.2 Å². The van der Waals surface area contributed by atoms with Crippen LogP contribution in [0, 0.1) is 0 Å². The Hall–Kier alpha value is -2.85. The molecule has 0 N–H and O–H groups in total. The molecule has 0 aliphatic carbocycles. The first-order chi connectivity index (χ1) is 16.6. The van der Waals surface area contributed by atoms with Crippen LogP contribution in [0.25, 0.3) is 0 Å². The molecule has 1 aliphatic heterocycles. The number of carbonyl (C=O) groups is 2. The van der Waals surface area contributed by atoms with Gasteiger partial charge in [-0.25, -0.2) is 14.8 Å². The SMILES string of the molecule is CSc1ncc2c(n1)N(C)CCN(c1cccc(COCCCN(C)C(=O)OC(C)(C)C)c1)C2=O. The molecule has 0 radical (unpaired) electrons. The molecule has 1 aliphatic rings. The van der Waals surface area contributed by atoms with Gasteiger partial charge in [-0.05, 0) is 51.1 Å². The lowest BCUT2D eigenvalue weighted by Crippen LogP contribution is -2.35. The molecule has 9 nitrogen and oxygen atoms in total. The summed E-state index contributed by atoms with van der Waals surface area (Å²) in [4.78, 5) is 39.5. The Morgan fingerprint density at radius 3 is 2.74 bits per heavy atom. The van der Waals surface area contributed by atoms with Crippen LogP contribution in [0.4, 0.5) is 16.3 Å². The molecule has 0 fully saturated rings. The molecule has 2 amide bonds. The van der Waals surface area contributed by atoms with Crippen molar-refractivity contribution in [1.29, 1.82) is 0 Å². The van der Waals surface area contributed by atoms with E-state index in [-0.39, 0.29) is 12.0 Å². The van der Waals surface area contributed by atoms with E-state index in [1.807, 2.05) is 63.2 Å². The minimum atomic E-state index is -0.510. The number of benzene rings is 1. The number of ether oxygens (including phenoxy) is 2. The Kier molecular flexibility index (Phi) is 8.96. The van der Waals surface area contributed by atoms with Crippen LogP contribution in [0.2, 0.25) is 0 Å². The van der Waals surface area contributed by atoms with Crippen LogP contribution in [0.1, 0.15) is 43.1 Å². The summed E-state index contributed by atoms with van der Waals surface area (Å²) in [6.45, 7) is 8.22. The van der Waals surface area contributed by atoms with Gasteiger partial charge in [-0.2, -0.15) is 0 Å². The summed E-state index contributed by atoms with van der Waals surface area (Å²) in [5.41, 5.74) is 1.78. The van der Waals surface area contributed by atoms with Crippen molar-refractivity contribution in [2.24, 2.45) is 0 Å². The van der Waals surface area contributed by atoms with Crippen LogP contribution in [0.15, 0.2) is 35.6 Å². The fourth-order valence-electron chi connectivity index (χ4n) is 3.59. The predicted molar refractivity (Wildman–Crippen MR) is 138 cm³/mol. The first-order valence-electron chi connectivity index (χ1n) is 11.6. The summed E-state index contributed by atoms with van der Waals surface area (Å²) in [5.74, 6) is 0.549. The lowest BCUT2D eigenvalue weighted by atomic mass is 10.1. The molecule has 2 heterocycles. The molecule has 1 aromatic heterocycles. The van der Waals surface area contributed by atoms with Gasteiger partial charge in [0.25, 0.3) is 5.91 Å². The normalized spacial score (nSPS) is 13.9. The molecule has 35 heavy (non-hydrogen) atoms. The number of rotatable bonds is 8. The molecule has 0 atom stereocenters. The predicted octanol–water partition coefficient (Wildman–Crippen LogP) is 4.07. The van der Waals surface area contributed by atoms with Crippen LogP contribution >= 0.6 is 11.8 Å². The van der Waals surface area contributed by atoms with Gasteiger partial charge < -0.3 is 24.2 Å². The van der Waals surface area contributed by atoms with Gasteiger partial charge in [0.05, 0.1) is 6.61 Å². The standard InChI is InChI=1S/C25H35N5O4S/c1-25(2,3)34-24(32)29(5)11-8-14-33-17-18-9-7-10-19(15-18)30-13-12-28(4)21-20(22(30)31)16-26-23(27-21)35-6/h7,9-10,15-16H,8,11-14,17H2,1-6H3. The second-order valence-electron chi connectivity index (χ2n) is 9.45. The minimum Gasteiger partial charge on any atom is -0.444 e. The van der Waals surface area contributed by atoms with Gasteiger partial charge >= 0.3 is 6.09 Å². The maximum atomic E-state index is 13.3. The summed E-state index contributed by atoms with van der Waals surface area (Å²) in [6.07, 6.45) is 3.89. The number of amides is 2. The molecule has 2 aromatic rings. The summed E-state index contributed by atoms with van der Waals surface area (Å²) in [6, 6.07) is 7.82. The average molecular weight is 502 g/mol. The summed E-state index contributed by atoms with van der Waals surface area (Å²) in [5, 5.41) is 0.647. The fraction of sp³-hybridized carbons (Fsp3) is 0.520. The fourth-order valence-corrected chi connectivity index (χ4v) is 3.92. The number of hydrogen-bond acceptors (Lipinski definition) is 8. The van der Waals surface area contributed by atoms with Crippen molar-refractivity contribution in [1.82, 2.24) is 14.9 Å².